The van der Waals surface area contributed by atoms with Gasteiger partial charge in [-0.2, -0.15) is 9.97 Å². The summed E-state index contributed by atoms with van der Waals surface area (Å²) in [4.78, 5) is 15.7. The molecular formula is C53H33N5. The van der Waals surface area contributed by atoms with Crippen molar-refractivity contribution in [1.82, 2.24) is 24.1 Å². The van der Waals surface area contributed by atoms with Crippen LogP contribution in [-0.4, -0.2) is 24.1 Å². The van der Waals surface area contributed by atoms with Gasteiger partial charge in [-0.25, -0.2) is 4.98 Å². The molecule has 270 valence electrons. The van der Waals surface area contributed by atoms with Crippen molar-refractivity contribution in [3.63, 3.8) is 0 Å². The molecule has 0 spiro atoms. The smallest absolute Gasteiger partial charge is 0.238 e. The van der Waals surface area contributed by atoms with E-state index in [9.17, 15) is 0 Å². The average Bonchev–Trinajstić information content (AvgIpc) is 3.84. The maximum absolute atomic E-state index is 5.32. The Balaban J connectivity index is 1.25. The summed E-state index contributed by atoms with van der Waals surface area (Å²) >= 11 is 0. The van der Waals surface area contributed by atoms with Crippen molar-refractivity contribution in [3.05, 3.63) is 200 Å². The third-order valence-corrected chi connectivity index (χ3v) is 11.6. The Kier molecular flexibility index (Phi) is 7.16. The highest BCUT2D eigenvalue weighted by molar-refractivity contribution is 6.38. The van der Waals surface area contributed by atoms with E-state index in [1.54, 1.807) is 0 Å². The van der Waals surface area contributed by atoms with Crippen LogP contribution < -0.4 is 0 Å². The number of benzene rings is 9. The molecule has 0 fully saturated rings. The van der Waals surface area contributed by atoms with E-state index in [1.807, 2.05) is 36.4 Å². The molecule has 0 saturated carbocycles. The third-order valence-electron chi connectivity index (χ3n) is 11.6. The number of fused-ring (bicyclic) bond motifs is 12. The molecule has 0 aliphatic carbocycles. The molecular weight excluding hydrogens is 707 g/mol. The van der Waals surface area contributed by atoms with Gasteiger partial charge < -0.3 is 4.57 Å². The summed E-state index contributed by atoms with van der Waals surface area (Å²) in [7, 11) is 0. The molecule has 3 aromatic heterocycles. The van der Waals surface area contributed by atoms with Gasteiger partial charge in [-0.15, -0.1) is 0 Å². The molecule has 0 aliphatic heterocycles. The summed E-state index contributed by atoms with van der Waals surface area (Å²) in [6.45, 7) is 0. The van der Waals surface area contributed by atoms with Crippen LogP contribution in [0.5, 0.6) is 0 Å². The van der Waals surface area contributed by atoms with Crippen LogP contribution in [0.15, 0.2) is 200 Å². The fourth-order valence-corrected chi connectivity index (χ4v) is 9.03. The van der Waals surface area contributed by atoms with E-state index in [2.05, 4.69) is 173 Å². The number of aromatic nitrogens is 5. The Morgan fingerprint density at radius 1 is 0.276 bits per heavy atom. The molecule has 9 aromatic carbocycles. The standard InChI is InChI=1S/C53H33N5/c1-4-16-34(17-5-1)35-28-30-38(31-29-35)57-44-27-15-14-26-43(44)47-45(57)32-33-46-49(47)48-41-24-12-10-22-39(41)40-23-11-13-25-42(40)50(48)58(46)53-55-51(36-18-6-2-7-19-36)54-52(56-53)37-20-8-3-9-21-37/h1-33H. The predicted molar refractivity (Wildman–Crippen MR) is 240 cm³/mol. The highest BCUT2D eigenvalue weighted by Gasteiger charge is 2.25. The predicted octanol–water partition coefficient (Wildman–Crippen LogP) is 13.4. The monoisotopic (exact) mass is 739 g/mol. The van der Waals surface area contributed by atoms with Crippen LogP contribution in [0.2, 0.25) is 0 Å². The van der Waals surface area contributed by atoms with Crippen molar-refractivity contribution >= 4 is 65.2 Å². The van der Waals surface area contributed by atoms with Gasteiger partial charge in [-0.05, 0) is 57.6 Å². The molecule has 12 aromatic rings. The fraction of sp³-hybridized carbons (Fsp3) is 0. The number of hydrogen-bond acceptors (Lipinski definition) is 3. The van der Waals surface area contributed by atoms with Crippen LogP contribution >= 0.6 is 0 Å². The minimum Gasteiger partial charge on any atom is -0.309 e. The first-order chi connectivity index (χ1) is 28.8. The van der Waals surface area contributed by atoms with Crippen LogP contribution in [0.4, 0.5) is 0 Å². The lowest BCUT2D eigenvalue weighted by Gasteiger charge is -2.13. The van der Waals surface area contributed by atoms with Crippen molar-refractivity contribution < 1.29 is 0 Å². The lowest BCUT2D eigenvalue weighted by molar-refractivity contribution is 0.955. The van der Waals surface area contributed by atoms with E-state index in [1.165, 1.54) is 48.8 Å². The van der Waals surface area contributed by atoms with Crippen molar-refractivity contribution in [1.29, 1.82) is 0 Å². The van der Waals surface area contributed by atoms with E-state index >= 15 is 0 Å². The minimum absolute atomic E-state index is 0.577. The lowest BCUT2D eigenvalue weighted by atomic mass is 9.95. The van der Waals surface area contributed by atoms with Gasteiger partial charge in [-0.3, -0.25) is 4.57 Å². The summed E-state index contributed by atoms with van der Waals surface area (Å²) in [6, 6.07) is 70.8. The van der Waals surface area contributed by atoms with Crippen LogP contribution in [-0.2, 0) is 0 Å². The third kappa shape index (κ3) is 4.87. The van der Waals surface area contributed by atoms with Gasteiger partial charge >= 0.3 is 0 Å². The van der Waals surface area contributed by atoms with Crippen LogP contribution in [0.1, 0.15) is 0 Å². The number of para-hydroxylation sites is 1. The largest absolute Gasteiger partial charge is 0.309 e. The molecule has 0 radical (unpaired) electrons. The second-order valence-corrected chi connectivity index (χ2v) is 14.8. The summed E-state index contributed by atoms with van der Waals surface area (Å²) in [6.07, 6.45) is 0. The van der Waals surface area contributed by atoms with Gasteiger partial charge in [0.15, 0.2) is 11.6 Å². The second kappa shape index (κ2) is 12.8. The van der Waals surface area contributed by atoms with Crippen LogP contribution in [0, 0.1) is 0 Å². The molecule has 3 heterocycles. The number of nitrogens with zero attached hydrogens (tertiary/aromatic N) is 5. The van der Waals surface area contributed by atoms with Crippen molar-refractivity contribution in [3.8, 4) is 45.5 Å². The lowest BCUT2D eigenvalue weighted by Crippen LogP contribution is -2.06. The summed E-state index contributed by atoms with van der Waals surface area (Å²) in [5, 5.41) is 9.48. The zero-order chi connectivity index (χ0) is 38.2. The van der Waals surface area contributed by atoms with Gasteiger partial charge in [0.1, 0.15) is 0 Å². The van der Waals surface area contributed by atoms with Gasteiger partial charge in [0.05, 0.1) is 22.1 Å². The highest BCUT2D eigenvalue weighted by atomic mass is 15.2. The number of rotatable bonds is 5. The Hall–Kier alpha value is -7.89. The highest BCUT2D eigenvalue weighted by Crippen LogP contribution is 2.47. The molecule has 12 rings (SSSR count). The number of hydrogen-bond donors (Lipinski definition) is 0. The summed E-state index contributed by atoms with van der Waals surface area (Å²) < 4.78 is 4.70. The van der Waals surface area contributed by atoms with E-state index in [0.717, 1.165) is 44.3 Å². The maximum Gasteiger partial charge on any atom is 0.238 e. The molecule has 0 saturated heterocycles. The Morgan fingerprint density at radius 2 is 0.741 bits per heavy atom. The van der Waals surface area contributed by atoms with Gasteiger partial charge in [0.2, 0.25) is 5.95 Å². The van der Waals surface area contributed by atoms with Crippen LogP contribution in [0.3, 0.4) is 0 Å². The maximum atomic E-state index is 5.32. The normalized spacial score (nSPS) is 11.8. The van der Waals surface area contributed by atoms with Gasteiger partial charge in [-0.1, -0.05) is 170 Å². The summed E-state index contributed by atoms with van der Waals surface area (Å²) in [5.41, 5.74) is 9.78. The zero-order valence-electron chi connectivity index (χ0n) is 31.3. The molecule has 0 aliphatic rings. The van der Waals surface area contributed by atoms with E-state index in [4.69, 9.17) is 15.0 Å². The van der Waals surface area contributed by atoms with E-state index in [-0.39, 0.29) is 0 Å². The van der Waals surface area contributed by atoms with Crippen molar-refractivity contribution in [2.75, 3.05) is 0 Å². The molecule has 0 N–H and O–H groups in total. The molecule has 58 heavy (non-hydrogen) atoms. The Bertz CT molecular complexity index is 3470. The second-order valence-electron chi connectivity index (χ2n) is 14.8. The Morgan fingerprint density at radius 3 is 1.36 bits per heavy atom. The zero-order valence-corrected chi connectivity index (χ0v) is 31.3. The molecule has 5 nitrogen and oxygen atoms in total. The summed E-state index contributed by atoms with van der Waals surface area (Å²) in [5.74, 6) is 1.83. The Labute approximate surface area is 333 Å². The van der Waals surface area contributed by atoms with Crippen LogP contribution in [0.25, 0.3) is 111 Å². The molecule has 0 amide bonds. The molecule has 5 heteroatoms. The molecule has 0 bridgehead atoms. The SMILES string of the molecule is c1ccc(-c2ccc(-n3c4ccccc4c4c5c6c7ccccc7c7ccccc7c6n(-c6nc(-c7ccccc7)nc(-c7ccccc7)n6)c5ccc43)cc2)cc1. The quantitative estimate of drug-likeness (QED) is 0.165. The van der Waals surface area contributed by atoms with E-state index < -0.39 is 0 Å². The van der Waals surface area contributed by atoms with Crippen molar-refractivity contribution in [2.24, 2.45) is 0 Å². The fourth-order valence-electron chi connectivity index (χ4n) is 9.03. The van der Waals surface area contributed by atoms with Crippen molar-refractivity contribution in [2.45, 2.75) is 0 Å². The first-order valence-corrected chi connectivity index (χ1v) is 19.6. The molecule has 0 unspecified atom stereocenters. The average molecular weight is 740 g/mol. The minimum atomic E-state index is 0.577. The van der Waals surface area contributed by atoms with E-state index in [0.29, 0.717) is 17.6 Å². The van der Waals surface area contributed by atoms with Gasteiger partial charge in [0.25, 0.3) is 0 Å². The molecule has 0 atom stereocenters. The first-order valence-electron chi connectivity index (χ1n) is 19.6. The topological polar surface area (TPSA) is 48.5 Å². The first kappa shape index (κ1) is 32.4. The van der Waals surface area contributed by atoms with Gasteiger partial charge in [0, 0.05) is 43.7 Å².